The van der Waals surface area contributed by atoms with Crippen LogP contribution in [0.1, 0.15) is 34.1 Å². The van der Waals surface area contributed by atoms with Crippen LogP contribution in [0.4, 0.5) is 5.69 Å². The number of hydrogen-bond acceptors (Lipinski definition) is 7. The van der Waals surface area contributed by atoms with Crippen molar-refractivity contribution in [3.8, 4) is 5.88 Å². The van der Waals surface area contributed by atoms with Gasteiger partial charge in [0.1, 0.15) is 6.04 Å². The summed E-state index contributed by atoms with van der Waals surface area (Å²) in [5, 5.41) is 17.1. The fourth-order valence-electron chi connectivity index (χ4n) is 3.76. The molecule has 0 saturated carbocycles. The summed E-state index contributed by atoms with van der Waals surface area (Å²) in [6.45, 7) is 8.42. The van der Waals surface area contributed by atoms with E-state index >= 15 is 0 Å². The summed E-state index contributed by atoms with van der Waals surface area (Å²) < 4.78 is 15.6. The van der Waals surface area contributed by atoms with Gasteiger partial charge in [-0.05, 0) is 34.8 Å². The van der Waals surface area contributed by atoms with Crippen LogP contribution in [0.25, 0.3) is 0 Å². The average Bonchev–Trinajstić information content (AvgIpc) is 3.30. The quantitative estimate of drug-likeness (QED) is 0.272. The minimum Gasteiger partial charge on any atom is -0.491 e. The molecule has 2 aromatic carbocycles. The van der Waals surface area contributed by atoms with Crippen molar-refractivity contribution >= 4 is 30.8 Å². The summed E-state index contributed by atoms with van der Waals surface area (Å²) in [6.07, 6.45) is 0.805. The Morgan fingerprint density at radius 3 is 2.32 bits per heavy atom. The second kappa shape index (κ2) is 12.7. The molecular formula is C27H35N3O6Si. The van der Waals surface area contributed by atoms with Crippen LogP contribution in [0.15, 0.2) is 59.1 Å². The number of benzene rings is 2. The Labute approximate surface area is 218 Å². The number of amides is 2. The number of nitrogens with zero attached hydrogens (tertiary/aromatic N) is 2. The summed E-state index contributed by atoms with van der Waals surface area (Å²) >= 11 is 0. The first-order valence-corrected chi connectivity index (χ1v) is 15.6. The molecule has 198 valence electrons. The van der Waals surface area contributed by atoms with Crippen LogP contribution in [0, 0.1) is 0 Å². The summed E-state index contributed by atoms with van der Waals surface area (Å²) in [7, 11) is 1.68. The maximum absolute atomic E-state index is 13.5. The van der Waals surface area contributed by atoms with Crippen LogP contribution < -0.4 is 10.5 Å². The second-order valence-corrected chi connectivity index (χ2v) is 14.9. The second-order valence-electron chi connectivity index (χ2n) is 9.83. The van der Waals surface area contributed by atoms with Gasteiger partial charge in [-0.15, -0.1) is 0 Å². The molecule has 0 fully saturated rings. The Bertz CT molecular complexity index is 1170. The molecule has 2 amide bonds. The molecule has 3 aromatic rings. The molecule has 10 heteroatoms. The van der Waals surface area contributed by atoms with E-state index in [9.17, 15) is 14.7 Å². The van der Waals surface area contributed by atoms with Gasteiger partial charge in [-0.25, -0.2) is 0 Å². The van der Waals surface area contributed by atoms with Gasteiger partial charge in [0.15, 0.2) is 0 Å². The molecule has 2 N–H and O–H groups in total. The number of aromatic hydroxyl groups is 1. The lowest BCUT2D eigenvalue weighted by Gasteiger charge is -2.27. The van der Waals surface area contributed by atoms with Crippen LogP contribution >= 0.6 is 0 Å². The van der Waals surface area contributed by atoms with Gasteiger partial charge < -0.3 is 29.3 Å². The van der Waals surface area contributed by atoms with Gasteiger partial charge in [0.2, 0.25) is 5.76 Å². The van der Waals surface area contributed by atoms with Crippen molar-refractivity contribution in [1.82, 2.24) is 10.1 Å². The van der Waals surface area contributed by atoms with E-state index in [0.717, 1.165) is 18.1 Å². The third-order valence-corrected chi connectivity index (χ3v) is 7.95. The topological polar surface area (TPSA) is 114 Å². The minimum atomic E-state index is -1.48. The highest BCUT2D eigenvalue weighted by Gasteiger charge is 2.31. The first-order valence-electron chi connectivity index (χ1n) is 12.1. The Kier molecular flexibility index (Phi) is 9.62. The number of aromatic nitrogens is 1. The number of anilines is 1. The normalized spacial score (nSPS) is 12.2. The zero-order chi connectivity index (χ0) is 27.0. The van der Waals surface area contributed by atoms with Crippen LogP contribution in [-0.4, -0.2) is 62.4 Å². The van der Waals surface area contributed by atoms with E-state index in [1.54, 1.807) is 19.2 Å². The fourth-order valence-corrected chi connectivity index (χ4v) is 4.93. The number of carbonyl (C=O) groups excluding carboxylic acids is 2. The molecule has 0 radical (unpaired) electrons. The smallest absolute Gasteiger partial charge is 0.293 e. The number of likely N-dealkylation sites (N-methyl/N-ethyl adjacent to an activating group) is 1. The van der Waals surface area contributed by atoms with E-state index < -0.39 is 25.9 Å². The molecule has 1 heterocycles. The van der Waals surface area contributed by atoms with E-state index in [2.05, 4.69) is 30.1 Å². The molecule has 37 heavy (non-hydrogen) atoms. The Balaban J connectivity index is 1.81. The first kappa shape index (κ1) is 28.1. The molecule has 0 saturated heterocycles. The molecule has 0 bridgehead atoms. The Hall–Kier alpha value is -3.47. The van der Waals surface area contributed by atoms with Crippen molar-refractivity contribution in [3.05, 3.63) is 71.5 Å². The largest absolute Gasteiger partial charge is 0.491 e. The number of carbonyl (C=O) groups is 2. The Morgan fingerprint density at radius 2 is 1.76 bits per heavy atom. The van der Waals surface area contributed by atoms with Gasteiger partial charge in [0.25, 0.3) is 17.7 Å². The molecule has 0 aliphatic rings. The van der Waals surface area contributed by atoms with Gasteiger partial charge in [-0.2, -0.15) is 0 Å². The molecule has 1 aromatic heterocycles. The molecular weight excluding hydrogens is 490 g/mol. The van der Waals surface area contributed by atoms with E-state index in [-0.39, 0.29) is 11.7 Å². The lowest BCUT2D eigenvalue weighted by molar-refractivity contribution is -0.120. The van der Waals surface area contributed by atoms with Crippen molar-refractivity contribution in [2.75, 3.05) is 32.7 Å². The monoisotopic (exact) mass is 525 g/mol. The van der Waals surface area contributed by atoms with Crippen molar-refractivity contribution in [1.29, 1.82) is 0 Å². The SMILES string of the molecule is COCCCOCc1ccc(C(C(=O)Nc2ccc([Si](C)(C)C)cc2)N(C)C(=O)c2cc(O)no2)cc1. The summed E-state index contributed by atoms with van der Waals surface area (Å²) in [4.78, 5) is 27.8. The highest BCUT2D eigenvalue weighted by Crippen LogP contribution is 2.25. The molecule has 0 spiro atoms. The molecule has 1 unspecified atom stereocenters. The number of hydrogen-bond donors (Lipinski definition) is 2. The first-order chi connectivity index (χ1) is 17.6. The summed E-state index contributed by atoms with van der Waals surface area (Å²) in [5.41, 5.74) is 2.19. The van der Waals surface area contributed by atoms with E-state index in [0.29, 0.717) is 31.1 Å². The molecule has 1 atom stereocenters. The maximum Gasteiger partial charge on any atom is 0.293 e. The Morgan fingerprint density at radius 1 is 1.08 bits per heavy atom. The van der Waals surface area contributed by atoms with E-state index in [4.69, 9.17) is 14.0 Å². The molecule has 9 nitrogen and oxygen atoms in total. The highest BCUT2D eigenvalue weighted by atomic mass is 28.3. The molecule has 3 rings (SSSR count). The number of methoxy groups -OCH3 is 1. The van der Waals surface area contributed by atoms with Gasteiger partial charge in [-0.1, -0.05) is 61.2 Å². The molecule has 0 aliphatic heterocycles. The van der Waals surface area contributed by atoms with Crippen LogP contribution in [0.5, 0.6) is 5.88 Å². The number of ether oxygens (including phenoxy) is 2. The standard InChI is InChI=1S/C27H35N3O6Si/c1-30(27(33)23-17-24(31)29-36-23)25(20-9-7-19(8-10-20)18-35-16-6-15-34-2)26(32)28-21-11-13-22(14-12-21)37(3,4)5/h7-14,17,25H,6,15-16,18H2,1-5H3,(H,28,32)(H,29,31). The van der Waals surface area contributed by atoms with Crippen LogP contribution in [0.2, 0.25) is 19.6 Å². The number of rotatable bonds is 12. The molecule has 0 aliphatic carbocycles. The van der Waals surface area contributed by atoms with Crippen molar-refractivity contribution in [3.63, 3.8) is 0 Å². The number of nitrogens with one attached hydrogen (secondary N) is 1. The third kappa shape index (κ3) is 7.75. The van der Waals surface area contributed by atoms with Crippen molar-refractivity contribution in [2.24, 2.45) is 0 Å². The predicted octanol–water partition coefficient (Wildman–Crippen LogP) is 3.93. The van der Waals surface area contributed by atoms with E-state index in [1.807, 2.05) is 36.4 Å². The van der Waals surface area contributed by atoms with E-state index in [1.165, 1.54) is 17.1 Å². The summed E-state index contributed by atoms with van der Waals surface area (Å²) in [5.74, 6) is -1.55. The van der Waals surface area contributed by atoms with Gasteiger partial charge in [-0.3, -0.25) is 9.59 Å². The maximum atomic E-state index is 13.5. The lowest BCUT2D eigenvalue weighted by Crippen LogP contribution is -2.39. The van der Waals surface area contributed by atoms with Gasteiger partial charge in [0, 0.05) is 33.1 Å². The van der Waals surface area contributed by atoms with Gasteiger partial charge >= 0.3 is 0 Å². The third-order valence-electron chi connectivity index (χ3n) is 5.88. The zero-order valence-corrected chi connectivity index (χ0v) is 23.0. The zero-order valence-electron chi connectivity index (χ0n) is 22.0. The average molecular weight is 526 g/mol. The van der Waals surface area contributed by atoms with Gasteiger partial charge in [0.05, 0.1) is 20.7 Å². The van der Waals surface area contributed by atoms with Crippen LogP contribution in [-0.2, 0) is 20.9 Å². The predicted molar refractivity (Wildman–Crippen MR) is 144 cm³/mol. The van der Waals surface area contributed by atoms with Crippen molar-refractivity contribution in [2.45, 2.75) is 38.7 Å². The fraction of sp³-hybridized carbons (Fsp3) is 0.370. The minimum absolute atomic E-state index is 0.168. The highest BCUT2D eigenvalue weighted by molar-refractivity contribution is 6.88. The van der Waals surface area contributed by atoms with Crippen LogP contribution in [0.3, 0.4) is 0 Å². The van der Waals surface area contributed by atoms with Crippen molar-refractivity contribution < 1.29 is 28.7 Å². The lowest BCUT2D eigenvalue weighted by atomic mass is 10.0. The summed E-state index contributed by atoms with van der Waals surface area (Å²) in [6, 6.07) is 15.3.